The van der Waals surface area contributed by atoms with E-state index in [9.17, 15) is 18.3 Å². The molecule has 2 heterocycles. The number of halogens is 1. The fraction of sp³-hybridized carbons (Fsp3) is 0.267. The number of sulfonamides is 1. The number of carboxylic acids is 1. The third-order valence-electron chi connectivity index (χ3n) is 4.23. The number of hydrogen-bond donors (Lipinski definition) is 3. The Morgan fingerprint density at radius 2 is 2.15 bits per heavy atom. The average molecular weight is 398 g/mol. The molecule has 11 heteroatoms. The first-order valence-corrected chi connectivity index (χ1v) is 9.43. The van der Waals surface area contributed by atoms with Crippen molar-refractivity contribution in [3.63, 3.8) is 0 Å². The van der Waals surface area contributed by atoms with Crippen LogP contribution in [0.1, 0.15) is 12.8 Å². The smallest absolute Gasteiger partial charge is 0.322 e. The first kappa shape index (κ1) is 18.4. The minimum atomic E-state index is -3.96. The van der Waals surface area contributed by atoms with Crippen LogP contribution in [0.3, 0.4) is 0 Å². The predicted molar refractivity (Wildman–Crippen MR) is 96.5 cm³/mol. The van der Waals surface area contributed by atoms with E-state index in [2.05, 4.69) is 4.98 Å². The molecular weight excluding hydrogens is 382 g/mol. The molecule has 3 rings (SSSR count). The molecule has 26 heavy (non-hydrogen) atoms. The van der Waals surface area contributed by atoms with E-state index in [1.165, 1.54) is 30.6 Å². The van der Waals surface area contributed by atoms with Gasteiger partial charge in [-0.3, -0.25) is 15.2 Å². The van der Waals surface area contributed by atoms with Crippen LogP contribution in [-0.2, 0) is 14.8 Å². The minimum Gasteiger partial charge on any atom is -0.480 e. The van der Waals surface area contributed by atoms with E-state index >= 15 is 0 Å². The number of nitrogens with zero attached hydrogens (tertiary/aromatic N) is 3. The van der Waals surface area contributed by atoms with Crippen molar-refractivity contribution in [2.45, 2.75) is 23.8 Å². The Hall–Kier alpha value is -2.43. The SMILES string of the molecule is N=C(N)N(Cl)c1cncc2cc(S(=O)(=O)N3CCC[C@@H]3C(=O)O)ccc12. The zero-order valence-electron chi connectivity index (χ0n) is 13.5. The fourth-order valence-corrected chi connectivity index (χ4v) is 4.82. The molecule has 138 valence electrons. The number of pyridine rings is 1. The molecule has 0 aliphatic carbocycles. The number of carboxylic acid groups (broad SMARTS) is 1. The lowest BCUT2D eigenvalue weighted by molar-refractivity contribution is -0.140. The molecule has 1 saturated heterocycles. The summed E-state index contributed by atoms with van der Waals surface area (Å²) < 4.78 is 27.7. The number of guanidine groups is 1. The Bertz CT molecular complexity index is 997. The van der Waals surface area contributed by atoms with Gasteiger partial charge in [-0.25, -0.2) is 12.8 Å². The number of fused-ring (bicyclic) bond motifs is 1. The monoisotopic (exact) mass is 397 g/mol. The highest BCUT2D eigenvalue weighted by Gasteiger charge is 2.39. The van der Waals surface area contributed by atoms with Gasteiger partial charge in [0.15, 0.2) is 0 Å². The van der Waals surface area contributed by atoms with Gasteiger partial charge >= 0.3 is 5.97 Å². The van der Waals surface area contributed by atoms with Gasteiger partial charge in [0.2, 0.25) is 16.0 Å². The Kier molecular flexibility index (Phi) is 4.74. The molecule has 1 aliphatic heterocycles. The van der Waals surface area contributed by atoms with Crippen LogP contribution in [0.2, 0.25) is 0 Å². The van der Waals surface area contributed by atoms with E-state index < -0.39 is 28.0 Å². The summed E-state index contributed by atoms with van der Waals surface area (Å²) in [5.74, 6) is -1.56. The number of aromatic nitrogens is 1. The summed E-state index contributed by atoms with van der Waals surface area (Å²) in [5.41, 5.74) is 5.71. The molecule has 1 atom stereocenters. The summed E-state index contributed by atoms with van der Waals surface area (Å²) in [6.45, 7) is 0.162. The largest absolute Gasteiger partial charge is 0.480 e. The van der Waals surface area contributed by atoms with E-state index in [1.54, 1.807) is 0 Å². The van der Waals surface area contributed by atoms with Crippen molar-refractivity contribution < 1.29 is 18.3 Å². The Balaban J connectivity index is 2.07. The van der Waals surface area contributed by atoms with Crippen LogP contribution in [0, 0.1) is 5.41 Å². The third kappa shape index (κ3) is 3.06. The number of hydrogen-bond acceptors (Lipinski definition) is 5. The molecule has 0 saturated carbocycles. The van der Waals surface area contributed by atoms with Crippen molar-refractivity contribution >= 4 is 50.2 Å². The summed E-state index contributed by atoms with van der Waals surface area (Å²) in [5, 5.41) is 17.7. The molecular formula is C15H16ClN5O4S. The highest BCUT2D eigenvalue weighted by atomic mass is 35.5. The van der Waals surface area contributed by atoms with Gasteiger partial charge in [-0.1, -0.05) is 6.07 Å². The van der Waals surface area contributed by atoms with Gasteiger partial charge < -0.3 is 10.8 Å². The molecule has 1 aliphatic rings. The normalized spacial score (nSPS) is 18.1. The van der Waals surface area contributed by atoms with Crippen molar-refractivity contribution in [3.8, 4) is 0 Å². The second-order valence-corrected chi connectivity index (χ2v) is 8.05. The molecule has 0 bridgehead atoms. The molecule has 1 aromatic carbocycles. The lowest BCUT2D eigenvalue weighted by atomic mass is 10.1. The van der Waals surface area contributed by atoms with Gasteiger partial charge in [0.05, 0.1) is 16.8 Å². The number of anilines is 1. The van der Waals surface area contributed by atoms with E-state index in [1.807, 2.05) is 0 Å². The van der Waals surface area contributed by atoms with Gasteiger partial charge in [0, 0.05) is 35.3 Å². The molecule has 0 radical (unpaired) electrons. The van der Waals surface area contributed by atoms with Crippen molar-refractivity contribution in [2.24, 2.45) is 5.73 Å². The highest BCUT2D eigenvalue weighted by molar-refractivity contribution is 7.89. The van der Waals surface area contributed by atoms with Crippen LogP contribution in [0.25, 0.3) is 10.8 Å². The highest BCUT2D eigenvalue weighted by Crippen LogP contribution is 2.31. The quantitative estimate of drug-likeness (QED) is 0.401. The van der Waals surface area contributed by atoms with Crippen LogP contribution in [0.15, 0.2) is 35.5 Å². The molecule has 2 aromatic rings. The number of aliphatic carboxylic acids is 1. The zero-order chi connectivity index (χ0) is 19.1. The fourth-order valence-electron chi connectivity index (χ4n) is 3.00. The second kappa shape index (κ2) is 6.71. The van der Waals surface area contributed by atoms with E-state index in [0.717, 1.165) is 8.72 Å². The summed E-state index contributed by atoms with van der Waals surface area (Å²) >= 11 is 5.96. The number of benzene rings is 1. The number of nitrogens with two attached hydrogens (primary N) is 1. The van der Waals surface area contributed by atoms with Gasteiger partial charge in [-0.05, 0) is 25.0 Å². The average Bonchev–Trinajstić information content (AvgIpc) is 3.11. The lowest BCUT2D eigenvalue weighted by Gasteiger charge is -2.21. The van der Waals surface area contributed by atoms with Crippen LogP contribution >= 0.6 is 11.8 Å². The first-order chi connectivity index (χ1) is 12.2. The topological polar surface area (TPSA) is 141 Å². The maximum absolute atomic E-state index is 12.9. The zero-order valence-corrected chi connectivity index (χ0v) is 15.0. The number of rotatable bonds is 4. The van der Waals surface area contributed by atoms with Crippen LogP contribution in [-0.4, -0.2) is 47.3 Å². The van der Waals surface area contributed by atoms with Crippen molar-refractivity contribution in [3.05, 3.63) is 30.6 Å². The molecule has 1 fully saturated rings. The van der Waals surface area contributed by atoms with Gasteiger partial charge in [0.25, 0.3) is 0 Å². The van der Waals surface area contributed by atoms with Crippen molar-refractivity contribution in [1.29, 1.82) is 5.41 Å². The summed E-state index contributed by atoms with van der Waals surface area (Å²) in [7, 11) is -3.96. The van der Waals surface area contributed by atoms with E-state index in [-0.39, 0.29) is 17.9 Å². The summed E-state index contributed by atoms with van der Waals surface area (Å²) in [6.07, 6.45) is 3.65. The summed E-state index contributed by atoms with van der Waals surface area (Å²) in [4.78, 5) is 15.3. The molecule has 0 spiro atoms. The van der Waals surface area contributed by atoms with Gasteiger partial charge in [-0.2, -0.15) is 4.31 Å². The van der Waals surface area contributed by atoms with E-state index in [4.69, 9.17) is 22.9 Å². The molecule has 4 N–H and O–H groups in total. The Morgan fingerprint density at radius 1 is 1.42 bits per heavy atom. The Morgan fingerprint density at radius 3 is 2.81 bits per heavy atom. The molecule has 0 unspecified atom stereocenters. The van der Waals surface area contributed by atoms with Crippen LogP contribution < -0.4 is 10.2 Å². The second-order valence-electron chi connectivity index (χ2n) is 5.82. The maximum Gasteiger partial charge on any atom is 0.322 e. The molecule has 9 nitrogen and oxygen atoms in total. The van der Waals surface area contributed by atoms with Gasteiger partial charge in [0.1, 0.15) is 6.04 Å². The van der Waals surface area contributed by atoms with E-state index in [0.29, 0.717) is 22.9 Å². The standard InChI is InChI=1S/C15H16ClN5O4S/c16-21(15(17)18)13-8-19-7-9-6-10(3-4-11(9)13)26(24,25)20-5-1-2-12(20)14(22)23/h3-4,6-8,12H,1-2,5H2,(H3,17,18)(H,22,23)/t12-/m1/s1. The molecule has 0 amide bonds. The first-order valence-electron chi connectivity index (χ1n) is 7.66. The van der Waals surface area contributed by atoms with Gasteiger partial charge in [-0.15, -0.1) is 0 Å². The van der Waals surface area contributed by atoms with Crippen molar-refractivity contribution in [2.75, 3.05) is 11.0 Å². The Labute approximate surface area is 154 Å². The predicted octanol–water partition coefficient (Wildman–Crippen LogP) is 1.33. The van der Waals surface area contributed by atoms with Crippen molar-refractivity contribution in [1.82, 2.24) is 9.29 Å². The number of carbonyl (C=O) groups is 1. The maximum atomic E-state index is 12.9. The summed E-state index contributed by atoms with van der Waals surface area (Å²) in [6, 6.07) is 3.26. The van der Waals surface area contributed by atoms with Crippen LogP contribution in [0.5, 0.6) is 0 Å². The number of nitrogens with one attached hydrogen (secondary N) is 1. The minimum absolute atomic E-state index is 0.0268. The third-order valence-corrected chi connectivity index (χ3v) is 6.50. The lowest BCUT2D eigenvalue weighted by Crippen LogP contribution is -2.40. The van der Waals surface area contributed by atoms with Crippen LogP contribution in [0.4, 0.5) is 5.69 Å². The molecule has 1 aromatic heterocycles.